The SMILES string of the molecule is Cn1ncc(C(=O)Nc2ccc(CN3CCCCC3)cc2)c1C(=O)O. The van der Waals surface area contributed by atoms with Crippen LogP contribution in [0.2, 0.25) is 0 Å². The average Bonchev–Trinajstić information content (AvgIpc) is 2.99. The van der Waals surface area contributed by atoms with Crippen molar-refractivity contribution in [2.45, 2.75) is 25.8 Å². The van der Waals surface area contributed by atoms with Gasteiger partial charge in [-0.25, -0.2) is 4.79 Å². The third kappa shape index (κ3) is 4.06. The van der Waals surface area contributed by atoms with E-state index in [1.165, 1.54) is 42.8 Å². The standard InChI is InChI=1S/C18H22N4O3/c1-21-16(18(24)25)15(11-19-21)17(23)20-14-7-5-13(6-8-14)12-22-9-3-2-4-10-22/h5-8,11H,2-4,9-10,12H2,1H3,(H,20,23)(H,24,25). The van der Waals surface area contributed by atoms with E-state index in [4.69, 9.17) is 0 Å². The van der Waals surface area contributed by atoms with Gasteiger partial charge < -0.3 is 10.4 Å². The molecular formula is C18H22N4O3. The Bertz CT molecular complexity index is 761. The van der Waals surface area contributed by atoms with E-state index in [1.807, 2.05) is 24.3 Å². The first-order chi connectivity index (χ1) is 12.0. The number of carboxylic acids is 1. The molecule has 0 bridgehead atoms. The highest BCUT2D eigenvalue weighted by Gasteiger charge is 2.21. The molecule has 7 heteroatoms. The van der Waals surface area contributed by atoms with Crippen molar-refractivity contribution in [1.82, 2.24) is 14.7 Å². The monoisotopic (exact) mass is 342 g/mol. The van der Waals surface area contributed by atoms with Crippen molar-refractivity contribution in [1.29, 1.82) is 0 Å². The van der Waals surface area contributed by atoms with Crippen LogP contribution in [0.5, 0.6) is 0 Å². The lowest BCUT2D eigenvalue weighted by Crippen LogP contribution is -2.29. The number of likely N-dealkylation sites (tertiary alicyclic amines) is 1. The molecule has 2 N–H and O–H groups in total. The number of hydrogen-bond donors (Lipinski definition) is 2. The topological polar surface area (TPSA) is 87.5 Å². The van der Waals surface area contributed by atoms with Crippen LogP contribution in [0.1, 0.15) is 45.7 Å². The molecule has 1 aromatic carbocycles. The molecular weight excluding hydrogens is 320 g/mol. The molecule has 1 aliphatic rings. The molecule has 1 saturated heterocycles. The summed E-state index contributed by atoms with van der Waals surface area (Å²) >= 11 is 0. The summed E-state index contributed by atoms with van der Waals surface area (Å²) in [6, 6.07) is 7.67. The minimum Gasteiger partial charge on any atom is -0.477 e. The number of aryl methyl sites for hydroxylation is 1. The molecule has 3 rings (SSSR count). The molecule has 1 aliphatic heterocycles. The van der Waals surface area contributed by atoms with Gasteiger partial charge in [0.05, 0.1) is 11.8 Å². The van der Waals surface area contributed by atoms with Crippen molar-refractivity contribution in [3.8, 4) is 0 Å². The maximum absolute atomic E-state index is 12.3. The molecule has 0 unspecified atom stereocenters. The molecule has 1 fully saturated rings. The van der Waals surface area contributed by atoms with Crippen LogP contribution in [0.4, 0.5) is 5.69 Å². The minimum absolute atomic E-state index is 0.0485. The lowest BCUT2D eigenvalue weighted by atomic mass is 10.1. The van der Waals surface area contributed by atoms with Gasteiger partial charge >= 0.3 is 5.97 Å². The van der Waals surface area contributed by atoms with Gasteiger partial charge in [0.1, 0.15) is 0 Å². The zero-order valence-corrected chi connectivity index (χ0v) is 14.2. The van der Waals surface area contributed by atoms with Gasteiger partial charge in [-0.1, -0.05) is 18.6 Å². The van der Waals surface area contributed by atoms with Crippen molar-refractivity contribution >= 4 is 17.6 Å². The summed E-state index contributed by atoms with van der Waals surface area (Å²) in [5, 5.41) is 15.8. The molecule has 0 atom stereocenters. The van der Waals surface area contributed by atoms with Gasteiger partial charge in [0, 0.05) is 19.3 Å². The molecule has 0 radical (unpaired) electrons. The summed E-state index contributed by atoms with van der Waals surface area (Å²) in [4.78, 5) is 26.0. The number of aromatic nitrogens is 2. The first kappa shape index (κ1) is 17.2. The van der Waals surface area contributed by atoms with Gasteiger partial charge in [0.2, 0.25) is 0 Å². The Morgan fingerprint density at radius 3 is 2.48 bits per heavy atom. The van der Waals surface area contributed by atoms with E-state index in [2.05, 4.69) is 15.3 Å². The number of piperidine rings is 1. The maximum Gasteiger partial charge on any atom is 0.354 e. The van der Waals surface area contributed by atoms with Crippen molar-refractivity contribution in [2.24, 2.45) is 7.05 Å². The first-order valence-electron chi connectivity index (χ1n) is 8.42. The molecule has 0 saturated carbocycles. The van der Waals surface area contributed by atoms with E-state index < -0.39 is 11.9 Å². The fraction of sp³-hybridized carbons (Fsp3) is 0.389. The maximum atomic E-state index is 12.3. The summed E-state index contributed by atoms with van der Waals surface area (Å²) in [5.74, 6) is -1.66. The lowest BCUT2D eigenvalue weighted by Gasteiger charge is -2.26. The van der Waals surface area contributed by atoms with E-state index in [0.29, 0.717) is 5.69 Å². The summed E-state index contributed by atoms with van der Waals surface area (Å²) in [5.41, 5.74) is 1.76. The quantitative estimate of drug-likeness (QED) is 0.871. The Kier molecular flexibility index (Phi) is 5.14. The fourth-order valence-electron chi connectivity index (χ4n) is 3.12. The summed E-state index contributed by atoms with van der Waals surface area (Å²) in [6.07, 6.45) is 5.09. The van der Waals surface area contributed by atoms with Crippen LogP contribution in [0.25, 0.3) is 0 Å². The van der Waals surface area contributed by atoms with Crippen LogP contribution in [-0.4, -0.2) is 44.8 Å². The normalized spacial score (nSPS) is 15.1. The number of rotatable bonds is 5. The Morgan fingerprint density at radius 2 is 1.84 bits per heavy atom. The highest BCUT2D eigenvalue weighted by Crippen LogP contribution is 2.17. The van der Waals surface area contributed by atoms with Crippen LogP contribution in [0.15, 0.2) is 30.5 Å². The molecule has 1 amide bonds. The first-order valence-corrected chi connectivity index (χ1v) is 8.42. The van der Waals surface area contributed by atoms with Gasteiger partial charge in [-0.2, -0.15) is 5.10 Å². The summed E-state index contributed by atoms with van der Waals surface area (Å²) in [6.45, 7) is 3.19. The number of anilines is 1. The third-order valence-electron chi connectivity index (χ3n) is 4.45. The number of hydrogen-bond acceptors (Lipinski definition) is 4. The second-order valence-corrected chi connectivity index (χ2v) is 6.32. The van der Waals surface area contributed by atoms with Crippen molar-refractivity contribution in [2.75, 3.05) is 18.4 Å². The van der Waals surface area contributed by atoms with E-state index >= 15 is 0 Å². The molecule has 0 spiro atoms. The number of amides is 1. The van der Waals surface area contributed by atoms with Gasteiger partial charge in [-0.15, -0.1) is 0 Å². The predicted molar refractivity (Wildman–Crippen MR) is 93.7 cm³/mol. The second-order valence-electron chi connectivity index (χ2n) is 6.32. The highest BCUT2D eigenvalue weighted by molar-refractivity contribution is 6.09. The van der Waals surface area contributed by atoms with Crippen LogP contribution in [-0.2, 0) is 13.6 Å². The van der Waals surface area contributed by atoms with Crippen LogP contribution in [0.3, 0.4) is 0 Å². The molecule has 1 aromatic heterocycles. The van der Waals surface area contributed by atoms with Gasteiger partial charge in [0.15, 0.2) is 5.69 Å². The average molecular weight is 342 g/mol. The fourth-order valence-corrected chi connectivity index (χ4v) is 3.12. The van der Waals surface area contributed by atoms with Gasteiger partial charge in [-0.3, -0.25) is 14.4 Å². The van der Waals surface area contributed by atoms with E-state index in [0.717, 1.165) is 19.6 Å². The summed E-state index contributed by atoms with van der Waals surface area (Å²) < 4.78 is 1.18. The molecule has 2 aromatic rings. The Hall–Kier alpha value is -2.67. The Balaban J connectivity index is 1.65. The second kappa shape index (κ2) is 7.48. The zero-order valence-electron chi connectivity index (χ0n) is 14.2. The number of aromatic carboxylic acids is 1. The Morgan fingerprint density at radius 1 is 1.16 bits per heavy atom. The van der Waals surface area contributed by atoms with Crippen LogP contribution < -0.4 is 5.32 Å². The Labute approximate surface area is 146 Å². The molecule has 132 valence electrons. The van der Waals surface area contributed by atoms with Crippen molar-refractivity contribution in [3.05, 3.63) is 47.3 Å². The van der Waals surface area contributed by atoms with Crippen LogP contribution in [0, 0.1) is 0 Å². The number of nitrogens with one attached hydrogen (secondary N) is 1. The number of carbonyl (C=O) groups excluding carboxylic acids is 1. The molecule has 2 heterocycles. The molecule has 25 heavy (non-hydrogen) atoms. The smallest absolute Gasteiger partial charge is 0.354 e. The number of nitrogens with zero attached hydrogens (tertiary/aromatic N) is 3. The minimum atomic E-state index is -1.18. The zero-order chi connectivity index (χ0) is 17.8. The van der Waals surface area contributed by atoms with Crippen molar-refractivity contribution in [3.63, 3.8) is 0 Å². The largest absolute Gasteiger partial charge is 0.477 e. The van der Waals surface area contributed by atoms with Gasteiger partial charge in [-0.05, 0) is 43.6 Å². The van der Waals surface area contributed by atoms with E-state index in [1.54, 1.807) is 0 Å². The van der Waals surface area contributed by atoms with Crippen LogP contribution >= 0.6 is 0 Å². The lowest BCUT2D eigenvalue weighted by molar-refractivity contribution is 0.0680. The summed E-state index contributed by atoms with van der Waals surface area (Å²) in [7, 11) is 1.50. The number of carboxylic acid groups (broad SMARTS) is 1. The predicted octanol–water partition coefficient (Wildman–Crippen LogP) is 2.36. The number of carbonyl (C=O) groups is 2. The van der Waals surface area contributed by atoms with E-state index in [-0.39, 0.29) is 11.3 Å². The van der Waals surface area contributed by atoms with Crippen molar-refractivity contribution < 1.29 is 14.7 Å². The van der Waals surface area contributed by atoms with Gasteiger partial charge in [0.25, 0.3) is 5.91 Å². The van der Waals surface area contributed by atoms with E-state index in [9.17, 15) is 14.7 Å². The molecule has 0 aliphatic carbocycles. The number of benzene rings is 1. The molecule has 7 nitrogen and oxygen atoms in total. The third-order valence-corrected chi connectivity index (χ3v) is 4.45. The highest BCUT2D eigenvalue weighted by atomic mass is 16.4.